The van der Waals surface area contributed by atoms with E-state index in [0.29, 0.717) is 12.1 Å². The first kappa shape index (κ1) is 15.2. The molecular formula is C14H18FN3O3. The number of nitrogens with one attached hydrogen (secondary N) is 1. The summed E-state index contributed by atoms with van der Waals surface area (Å²) in [6.07, 6.45) is 2.48. The molecule has 1 aromatic rings. The lowest BCUT2D eigenvalue weighted by Crippen LogP contribution is -2.48. The fourth-order valence-electron chi connectivity index (χ4n) is 2.43. The predicted octanol–water partition coefficient (Wildman–Crippen LogP) is 2.16. The lowest BCUT2D eigenvalue weighted by molar-refractivity contribution is -0.122. The molecule has 0 radical (unpaired) electrons. The second-order valence-electron chi connectivity index (χ2n) is 5.06. The second kappa shape index (κ2) is 6.07. The molecule has 21 heavy (non-hydrogen) atoms. The first-order valence-electron chi connectivity index (χ1n) is 6.77. The molecule has 6 nitrogen and oxygen atoms in total. The van der Waals surface area contributed by atoms with Gasteiger partial charge in [0, 0.05) is 5.56 Å². The van der Waals surface area contributed by atoms with Crippen molar-refractivity contribution in [3.8, 4) is 0 Å². The molecule has 2 unspecified atom stereocenters. The molecule has 0 aromatic carbocycles. The van der Waals surface area contributed by atoms with Gasteiger partial charge in [-0.05, 0) is 5.92 Å². The summed E-state index contributed by atoms with van der Waals surface area (Å²) >= 11 is 0. The first-order valence-corrected chi connectivity index (χ1v) is 6.77. The largest absolute Gasteiger partial charge is 0.453 e. The van der Waals surface area contributed by atoms with Crippen LogP contribution in [0.4, 0.5) is 14.9 Å². The average Bonchev–Trinajstić information content (AvgIpc) is 2.62. The van der Waals surface area contributed by atoms with E-state index < -0.39 is 18.0 Å². The Bertz CT molecular complexity index is 564. The SMILES string of the molecule is CCC(C)C1C(=O)Nc2cncc(F)c2CN1C(=O)OC. The summed E-state index contributed by atoms with van der Waals surface area (Å²) in [5.41, 5.74) is 0.522. The van der Waals surface area contributed by atoms with Crippen LogP contribution in [0, 0.1) is 11.7 Å². The maximum Gasteiger partial charge on any atom is 0.410 e. The maximum absolute atomic E-state index is 13.9. The molecule has 0 spiro atoms. The van der Waals surface area contributed by atoms with Crippen molar-refractivity contribution < 1.29 is 18.7 Å². The van der Waals surface area contributed by atoms with Crippen LogP contribution in [0.25, 0.3) is 0 Å². The number of hydrogen-bond donors (Lipinski definition) is 1. The van der Waals surface area contributed by atoms with E-state index in [9.17, 15) is 14.0 Å². The van der Waals surface area contributed by atoms with Gasteiger partial charge in [0.15, 0.2) is 0 Å². The molecule has 2 rings (SSSR count). The Labute approximate surface area is 122 Å². The van der Waals surface area contributed by atoms with Gasteiger partial charge >= 0.3 is 6.09 Å². The van der Waals surface area contributed by atoms with Gasteiger partial charge in [-0.3, -0.25) is 14.7 Å². The van der Waals surface area contributed by atoms with Gasteiger partial charge in [0.05, 0.1) is 31.7 Å². The van der Waals surface area contributed by atoms with Crippen molar-refractivity contribution in [1.82, 2.24) is 9.88 Å². The van der Waals surface area contributed by atoms with Crippen molar-refractivity contribution >= 4 is 17.7 Å². The van der Waals surface area contributed by atoms with Crippen LogP contribution in [0.1, 0.15) is 25.8 Å². The Morgan fingerprint density at radius 1 is 1.62 bits per heavy atom. The van der Waals surface area contributed by atoms with Crippen LogP contribution in [-0.2, 0) is 16.1 Å². The molecule has 1 aliphatic rings. The van der Waals surface area contributed by atoms with Crippen molar-refractivity contribution in [1.29, 1.82) is 0 Å². The number of carbonyl (C=O) groups excluding carboxylic acids is 2. The average molecular weight is 295 g/mol. The Balaban J connectivity index is 2.49. The summed E-state index contributed by atoms with van der Waals surface area (Å²) in [4.78, 5) is 29.4. The number of hydrogen-bond acceptors (Lipinski definition) is 4. The number of rotatable bonds is 2. The van der Waals surface area contributed by atoms with Gasteiger partial charge in [-0.1, -0.05) is 20.3 Å². The number of pyridine rings is 1. The molecule has 0 bridgehead atoms. The standard InChI is InChI=1S/C14H18FN3O3/c1-4-8(2)12-13(19)17-11-6-16-5-10(15)9(11)7-18(12)14(20)21-3/h5-6,8,12H,4,7H2,1-3H3,(H,17,19). The second-order valence-corrected chi connectivity index (χ2v) is 5.06. The zero-order chi connectivity index (χ0) is 15.6. The zero-order valence-electron chi connectivity index (χ0n) is 12.2. The third-order valence-corrected chi connectivity index (χ3v) is 3.79. The van der Waals surface area contributed by atoms with E-state index in [-0.39, 0.29) is 23.9 Å². The molecule has 0 fully saturated rings. The monoisotopic (exact) mass is 295 g/mol. The molecule has 1 aromatic heterocycles. The number of halogens is 1. The van der Waals surface area contributed by atoms with Crippen LogP contribution in [0.3, 0.4) is 0 Å². The maximum atomic E-state index is 13.9. The van der Waals surface area contributed by atoms with Gasteiger partial charge in [-0.15, -0.1) is 0 Å². The molecule has 114 valence electrons. The molecule has 7 heteroatoms. The Morgan fingerprint density at radius 3 is 2.95 bits per heavy atom. The van der Waals surface area contributed by atoms with E-state index in [0.717, 1.165) is 6.20 Å². The van der Waals surface area contributed by atoms with Gasteiger partial charge in [0.1, 0.15) is 11.9 Å². The minimum atomic E-state index is -0.714. The zero-order valence-corrected chi connectivity index (χ0v) is 12.2. The van der Waals surface area contributed by atoms with Crippen LogP contribution in [0.5, 0.6) is 0 Å². The van der Waals surface area contributed by atoms with Crippen molar-refractivity contribution in [2.45, 2.75) is 32.9 Å². The Morgan fingerprint density at radius 2 is 2.33 bits per heavy atom. The van der Waals surface area contributed by atoms with Crippen LogP contribution in [0.2, 0.25) is 0 Å². The highest BCUT2D eigenvalue weighted by Gasteiger charge is 2.38. The normalized spacial score (nSPS) is 19.3. The number of ether oxygens (including phenoxy) is 1. The highest BCUT2D eigenvalue weighted by atomic mass is 19.1. The summed E-state index contributed by atoms with van der Waals surface area (Å²) in [5, 5.41) is 2.65. The van der Waals surface area contributed by atoms with E-state index in [2.05, 4.69) is 10.3 Å². The number of anilines is 1. The van der Waals surface area contributed by atoms with Crippen LogP contribution in [-0.4, -0.2) is 35.0 Å². The summed E-state index contributed by atoms with van der Waals surface area (Å²) < 4.78 is 18.7. The van der Waals surface area contributed by atoms with E-state index in [4.69, 9.17) is 4.74 Å². The third kappa shape index (κ3) is 2.81. The van der Waals surface area contributed by atoms with Crippen molar-refractivity contribution in [2.24, 2.45) is 5.92 Å². The van der Waals surface area contributed by atoms with Gasteiger partial charge in [-0.2, -0.15) is 0 Å². The molecule has 2 atom stereocenters. The third-order valence-electron chi connectivity index (χ3n) is 3.79. The highest BCUT2D eigenvalue weighted by molar-refractivity contribution is 5.98. The van der Waals surface area contributed by atoms with Crippen LogP contribution >= 0.6 is 0 Å². The minimum absolute atomic E-state index is 0.0376. The number of nitrogens with zero attached hydrogens (tertiary/aromatic N) is 2. The van der Waals surface area contributed by atoms with Crippen LogP contribution < -0.4 is 5.32 Å². The number of carbonyl (C=O) groups is 2. The summed E-state index contributed by atoms with van der Waals surface area (Å²) in [7, 11) is 1.24. The fraction of sp³-hybridized carbons (Fsp3) is 0.500. The van der Waals surface area contributed by atoms with E-state index in [1.165, 1.54) is 18.2 Å². The minimum Gasteiger partial charge on any atom is -0.453 e. The summed E-state index contributed by atoms with van der Waals surface area (Å²) in [5.74, 6) is -1.01. The van der Waals surface area contributed by atoms with Gasteiger partial charge < -0.3 is 10.1 Å². The van der Waals surface area contributed by atoms with Gasteiger partial charge in [0.25, 0.3) is 0 Å². The lowest BCUT2D eigenvalue weighted by atomic mass is 9.97. The topological polar surface area (TPSA) is 71.5 Å². The number of aromatic nitrogens is 1. The van der Waals surface area contributed by atoms with E-state index in [1.807, 2.05) is 13.8 Å². The van der Waals surface area contributed by atoms with Crippen molar-refractivity contribution in [3.63, 3.8) is 0 Å². The molecule has 2 heterocycles. The molecule has 1 aliphatic heterocycles. The number of amides is 2. The molecule has 0 aliphatic carbocycles. The first-order chi connectivity index (χ1) is 9.99. The van der Waals surface area contributed by atoms with Crippen molar-refractivity contribution in [2.75, 3.05) is 12.4 Å². The van der Waals surface area contributed by atoms with Crippen molar-refractivity contribution in [3.05, 3.63) is 23.8 Å². The Hall–Kier alpha value is -2.18. The van der Waals surface area contributed by atoms with E-state index in [1.54, 1.807) is 0 Å². The number of fused-ring (bicyclic) bond motifs is 1. The predicted molar refractivity (Wildman–Crippen MR) is 74.0 cm³/mol. The molecule has 0 saturated heterocycles. The number of methoxy groups -OCH3 is 1. The Kier molecular flexibility index (Phi) is 4.40. The fourth-order valence-corrected chi connectivity index (χ4v) is 2.43. The van der Waals surface area contributed by atoms with Gasteiger partial charge in [0.2, 0.25) is 5.91 Å². The quantitative estimate of drug-likeness (QED) is 0.907. The van der Waals surface area contributed by atoms with Crippen LogP contribution in [0.15, 0.2) is 12.4 Å². The smallest absolute Gasteiger partial charge is 0.410 e. The van der Waals surface area contributed by atoms with E-state index >= 15 is 0 Å². The molecule has 0 saturated carbocycles. The molecule has 1 N–H and O–H groups in total. The summed E-state index contributed by atoms with van der Waals surface area (Å²) in [6.45, 7) is 3.75. The lowest BCUT2D eigenvalue weighted by Gasteiger charge is -2.31. The van der Waals surface area contributed by atoms with Gasteiger partial charge in [-0.25, -0.2) is 9.18 Å². The summed E-state index contributed by atoms with van der Waals surface area (Å²) in [6, 6.07) is -0.714. The molecular weight excluding hydrogens is 277 g/mol. The highest BCUT2D eigenvalue weighted by Crippen LogP contribution is 2.28. The molecule has 2 amide bonds.